The number of halogens is 1. The molecule has 2 aromatic carbocycles. The number of nitrogens with one attached hydrogen (secondary N) is 2. The predicted molar refractivity (Wildman–Crippen MR) is 169 cm³/mol. The molecule has 0 spiro atoms. The number of ether oxygens (including phenoxy) is 1. The molecular formula is C35H38FN5O4. The molecule has 3 amide bonds. The molecule has 9 nitrogen and oxygen atoms in total. The lowest BCUT2D eigenvalue weighted by molar-refractivity contribution is -0.122. The summed E-state index contributed by atoms with van der Waals surface area (Å²) < 4.78 is 19.9. The van der Waals surface area contributed by atoms with Gasteiger partial charge >= 0.3 is 6.03 Å². The number of allylic oxidation sites excluding steroid dienone is 1. The molecule has 3 aliphatic heterocycles. The van der Waals surface area contributed by atoms with Gasteiger partial charge in [-0.3, -0.25) is 24.8 Å². The summed E-state index contributed by atoms with van der Waals surface area (Å²) in [5, 5.41) is 5.08. The summed E-state index contributed by atoms with van der Waals surface area (Å²) in [5.74, 6) is 4.49. The first-order valence-corrected chi connectivity index (χ1v) is 15.6. The van der Waals surface area contributed by atoms with Crippen molar-refractivity contribution in [2.45, 2.75) is 44.7 Å². The zero-order valence-electron chi connectivity index (χ0n) is 25.7. The van der Waals surface area contributed by atoms with E-state index in [4.69, 9.17) is 4.74 Å². The number of benzene rings is 2. The number of Topliss-reactive ketones (excluding diaryl/α,β-unsaturated/α-hetero) is 1. The highest BCUT2D eigenvalue weighted by Gasteiger charge is 2.47. The van der Waals surface area contributed by atoms with Gasteiger partial charge in [0, 0.05) is 69.6 Å². The minimum atomic E-state index is -1.43. The highest BCUT2D eigenvalue weighted by atomic mass is 19.1. The fourth-order valence-electron chi connectivity index (χ4n) is 6.81. The van der Waals surface area contributed by atoms with Crippen molar-refractivity contribution in [2.75, 3.05) is 39.8 Å². The summed E-state index contributed by atoms with van der Waals surface area (Å²) in [7, 11) is 1.37. The lowest BCUT2D eigenvalue weighted by atomic mass is 9.73. The van der Waals surface area contributed by atoms with E-state index in [1.54, 1.807) is 6.07 Å². The minimum absolute atomic E-state index is 0.0446. The Hall–Kier alpha value is -4.49. The number of aliphatic imine (C=N–C) groups is 1. The molecular weight excluding hydrogens is 573 g/mol. The number of dihydropyridines is 1. The number of ketones is 1. The molecule has 0 saturated carbocycles. The van der Waals surface area contributed by atoms with Crippen molar-refractivity contribution in [3.63, 3.8) is 0 Å². The quantitative estimate of drug-likeness (QED) is 0.366. The first kappa shape index (κ1) is 30.5. The Balaban J connectivity index is 1.11. The maximum Gasteiger partial charge on any atom is 0.323 e. The molecule has 1 aliphatic carbocycles. The number of urea groups is 1. The van der Waals surface area contributed by atoms with E-state index in [9.17, 15) is 18.8 Å². The van der Waals surface area contributed by atoms with Gasteiger partial charge in [-0.25, -0.2) is 9.18 Å². The van der Waals surface area contributed by atoms with Gasteiger partial charge in [-0.15, -0.1) is 0 Å². The standard InChI is InChI=1S/C35H38FN5O4/c1-23(27-19-26-7-8-30(45-2)32(36)31(26)29(42)20-27)21-35(33(43)38-34(44)39-35)12-9-24-3-5-25(6-4-24)22-40-15-17-41(18-16-40)28-10-13-37-14-11-28/h3-8,10,13,23,27H,11,14-22H2,1-2H3,(H2,38,39,43,44). The maximum atomic E-state index is 14.8. The normalized spacial score (nSPS) is 23.8. The zero-order chi connectivity index (χ0) is 31.6. The number of amides is 3. The van der Waals surface area contributed by atoms with Crippen molar-refractivity contribution in [1.29, 1.82) is 0 Å². The number of hydrogen-bond donors (Lipinski definition) is 2. The minimum Gasteiger partial charge on any atom is -0.494 e. The number of imide groups is 1. The van der Waals surface area contributed by atoms with Gasteiger partial charge in [0.2, 0.25) is 0 Å². The SMILES string of the molecule is COc1ccc2c(c1F)C(=O)CC(C(C)CC1(C#Cc3ccc(CN4CCN(C5=CC=NCC5)CC4)cc3)NC(=O)NC1=O)C2. The van der Waals surface area contributed by atoms with E-state index in [0.29, 0.717) is 12.0 Å². The molecule has 0 radical (unpaired) electrons. The van der Waals surface area contributed by atoms with E-state index in [-0.39, 0.29) is 41.8 Å². The van der Waals surface area contributed by atoms with Crippen LogP contribution in [-0.2, 0) is 17.8 Å². The molecule has 3 unspecified atom stereocenters. The smallest absolute Gasteiger partial charge is 0.323 e. The molecule has 10 heteroatoms. The maximum absolute atomic E-state index is 14.8. The summed E-state index contributed by atoms with van der Waals surface area (Å²) >= 11 is 0. The van der Waals surface area contributed by atoms with Crippen LogP contribution in [0.25, 0.3) is 0 Å². The summed E-state index contributed by atoms with van der Waals surface area (Å²) in [6.45, 7) is 7.66. The van der Waals surface area contributed by atoms with Gasteiger partial charge in [-0.2, -0.15) is 0 Å². The van der Waals surface area contributed by atoms with Crippen molar-refractivity contribution >= 4 is 23.9 Å². The molecule has 0 bridgehead atoms. The second-order valence-corrected chi connectivity index (χ2v) is 12.4. The molecule has 2 fully saturated rings. The van der Waals surface area contributed by atoms with E-state index in [1.165, 1.54) is 24.4 Å². The molecule has 2 N–H and O–H groups in total. The fraction of sp³-hybridized carbons (Fsp3) is 0.429. The Morgan fingerprint density at radius 3 is 2.53 bits per heavy atom. The summed E-state index contributed by atoms with van der Waals surface area (Å²) in [4.78, 5) is 47.5. The fourth-order valence-corrected chi connectivity index (χ4v) is 6.81. The molecule has 4 aliphatic rings. The first-order valence-electron chi connectivity index (χ1n) is 15.6. The number of rotatable bonds is 7. The lowest BCUT2D eigenvalue weighted by Gasteiger charge is -2.37. The molecule has 2 aromatic rings. The summed E-state index contributed by atoms with van der Waals surface area (Å²) in [5.41, 5.74) is 2.58. The van der Waals surface area contributed by atoms with Crippen LogP contribution < -0.4 is 15.4 Å². The molecule has 234 valence electrons. The van der Waals surface area contributed by atoms with Crippen LogP contribution in [-0.4, -0.2) is 79.1 Å². The van der Waals surface area contributed by atoms with E-state index in [2.05, 4.69) is 55.5 Å². The Bertz CT molecular complexity index is 1620. The van der Waals surface area contributed by atoms with Gasteiger partial charge in [0.15, 0.2) is 22.9 Å². The van der Waals surface area contributed by atoms with E-state index in [1.807, 2.05) is 25.3 Å². The summed E-state index contributed by atoms with van der Waals surface area (Å²) in [6, 6.07) is 10.7. The number of nitrogens with zero attached hydrogens (tertiary/aromatic N) is 3. The van der Waals surface area contributed by atoms with Crippen LogP contribution in [0.5, 0.6) is 5.75 Å². The Morgan fingerprint density at radius 1 is 1.09 bits per heavy atom. The van der Waals surface area contributed by atoms with Crippen LogP contribution in [0, 0.1) is 29.5 Å². The molecule has 3 atom stereocenters. The third-order valence-electron chi connectivity index (χ3n) is 9.42. The number of hydrogen-bond acceptors (Lipinski definition) is 7. The van der Waals surface area contributed by atoms with Crippen LogP contribution in [0.4, 0.5) is 9.18 Å². The van der Waals surface area contributed by atoms with E-state index in [0.717, 1.165) is 51.3 Å². The van der Waals surface area contributed by atoms with Gasteiger partial charge in [0.1, 0.15) is 0 Å². The molecule has 0 aromatic heterocycles. The third-order valence-corrected chi connectivity index (χ3v) is 9.42. The molecule has 6 rings (SSSR count). The van der Waals surface area contributed by atoms with Crippen molar-refractivity contribution in [1.82, 2.24) is 20.4 Å². The Kier molecular flexibility index (Phi) is 8.72. The van der Waals surface area contributed by atoms with E-state index < -0.39 is 23.3 Å². The van der Waals surface area contributed by atoms with Crippen molar-refractivity contribution in [3.05, 3.63) is 76.2 Å². The van der Waals surface area contributed by atoms with Crippen LogP contribution in [0.2, 0.25) is 0 Å². The van der Waals surface area contributed by atoms with Gasteiger partial charge in [0.05, 0.1) is 12.7 Å². The van der Waals surface area contributed by atoms with Crippen LogP contribution >= 0.6 is 0 Å². The topological polar surface area (TPSA) is 103 Å². The highest BCUT2D eigenvalue weighted by molar-refractivity contribution is 6.09. The van der Waals surface area contributed by atoms with E-state index >= 15 is 0 Å². The first-order chi connectivity index (χ1) is 21.7. The zero-order valence-corrected chi connectivity index (χ0v) is 25.7. The lowest BCUT2D eigenvalue weighted by Crippen LogP contribution is -2.48. The Morgan fingerprint density at radius 2 is 1.87 bits per heavy atom. The Labute approximate surface area is 262 Å². The highest BCUT2D eigenvalue weighted by Crippen LogP contribution is 2.37. The van der Waals surface area contributed by atoms with Crippen LogP contribution in [0.15, 0.2) is 53.2 Å². The second kappa shape index (κ2) is 12.9. The average molecular weight is 612 g/mol. The molecule has 3 heterocycles. The van der Waals surface area contributed by atoms with Crippen LogP contribution in [0.3, 0.4) is 0 Å². The second-order valence-electron chi connectivity index (χ2n) is 12.4. The largest absolute Gasteiger partial charge is 0.494 e. The van der Waals surface area contributed by atoms with Gasteiger partial charge in [0.25, 0.3) is 5.91 Å². The predicted octanol–water partition coefficient (Wildman–Crippen LogP) is 3.71. The molecule has 45 heavy (non-hydrogen) atoms. The number of fused-ring (bicyclic) bond motifs is 1. The third kappa shape index (κ3) is 6.50. The van der Waals surface area contributed by atoms with Crippen molar-refractivity contribution < 1.29 is 23.5 Å². The van der Waals surface area contributed by atoms with Gasteiger partial charge in [-0.05, 0) is 60.1 Å². The number of methoxy groups -OCH3 is 1. The monoisotopic (exact) mass is 611 g/mol. The van der Waals surface area contributed by atoms with Gasteiger partial charge < -0.3 is 15.0 Å². The number of carbonyl (C=O) groups is 3. The number of carbonyl (C=O) groups excluding carboxylic acids is 3. The van der Waals surface area contributed by atoms with Crippen LogP contribution in [0.1, 0.15) is 53.2 Å². The summed E-state index contributed by atoms with van der Waals surface area (Å²) in [6.07, 6.45) is 5.88. The number of piperazine rings is 1. The van der Waals surface area contributed by atoms with Crippen molar-refractivity contribution in [3.8, 4) is 17.6 Å². The average Bonchev–Trinajstić information content (AvgIpc) is 3.33. The van der Waals surface area contributed by atoms with Crippen molar-refractivity contribution in [2.24, 2.45) is 16.8 Å². The van der Waals surface area contributed by atoms with Gasteiger partial charge in [-0.1, -0.05) is 37.0 Å². The molecule has 2 saturated heterocycles.